The van der Waals surface area contributed by atoms with Crippen LogP contribution >= 0.6 is 22.9 Å². The van der Waals surface area contributed by atoms with E-state index in [1.807, 2.05) is 16.9 Å². The molecule has 2 aliphatic heterocycles. The Labute approximate surface area is 178 Å². The van der Waals surface area contributed by atoms with Gasteiger partial charge in [-0.2, -0.15) is 13.2 Å². The fourth-order valence-electron chi connectivity index (χ4n) is 4.29. The molecule has 0 saturated carbocycles. The summed E-state index contributed by atoms with van der Waals surface area (Å²) in [5.74, 6) is 0.759. The lowest BCUT2D eigenvalue weighted by molar-refractivity contribution is -0.137. The number of aryl methyl sites for hydroxylation is 1. The van der Waals surface area contributed by atoms with Gasteiger partial charge in [-0.05, 0) is 31.9 Å². The van der Waals surface area contributed by atoms with E-state index >= 15 is 0 Å². The number of fused-ring (bicyclic) bond motifs is 4. The summed E-state index contributed by atoms with van der Waals surface area (Å²) in [5.41, 5.74) is -0.424. The molecule has 30 heavy (non-hydrogen) atoms. The highest BCUT2D eigenvalue weighted by Gasteiger charge is 2.46. The van der Waals surface area contributed by atoms with Crippen molar-refractivity contribution in [3.8, 4) is 11.5 Å². The van der Waals surface area contributed by atoms with E-state index in [4.69, 9.17) is 11.6 Å². The average Bonchev–Trinajstić information content (AvgIpc) is 3.37. The van der Waals surface area contributed by atoms with Crippen LogP contribution in [0.15, 0.2) is 23.6 Å². The minimum absolute atomic E-state index is 0.147. The number of alkyl halides is 3. The molecule has 3 aromatic rings. The quantitative estimate of drug-likeness (QED) is 0.562. The summed E-state index contributed by atoms with van der Waals surface area (Å²) in [6.07, 6.45) is -3.23. The van der Waals surface area contributed by atoms with Crippen molar-refractivity contribution >= 4 is 28.8 Å². The zero-order valence-electron chi connectivity index (χ0n) is 15.6. The number of hydrogen-bond donors (Lipinski definition) is 0. The molecule has 2 aromatic heterocycles. The first-order valence-electron chi connectivity index (χ1n) is 9.29. The van der Waals surface area contributed by atoms with Crippen molar-refractivity contribution in [1.29, 1.82) is 0 Å². The van der Waals surface area contributed by atoms with E-state index in [1.165, 1.54) is 23.5 Å². The molecule has 2 bridgehead atoms. The van der Waals surface area contributed by atoms with Crippen LogP contribution in [0.25, 0.3) is 11.5 Å². The van der Waals surface area contributed by atoms with Crippen LogP contribution in [-0.2, 0) is 12.7 Å². The molecular formula is C19H15ClF3N5OS. The van der Waals surface area contributed by atoms with Crippen LogP contribution in [0.3, 0.4) is 0 Å². The Kier molecular flexibility index (Phi) is 4.41. The van der Waals surface area contributed by atoms with Crippen LogP contribution in [-0.4, -0.2) is 36.6 Å². The van der Waals surface area contributed by atoms with Gasteiger partial charge in [0.1, 0.15) is 5.69 Å². The number of carbonyl (C=O) groups is 1. The average molecular weight is 454 g/mol. The van der Waals surface area contributed by atoms with Gasteiger partial charge in [0.25, 0.3) is 5.91 Å². The number of thiazole rings is 1. The molecule has 5 rings (SSSR count). The number of nitrogens with zero attached hydrogens (tertiary/aromatic N) is 5. The van der Waals surface area contributed by atoms with Crippen molar-refractivity contribution in [3.63, 3.8) is 0 Å². The smallest absolute Gasteiger partial charge is 0.324 e. The van der Waals surface area contributed by atoms with Gasteiger partial charge in [-0.3, -0.25) is 4.79 Å². The largest absolute Gasteiger partial charge is 0.417 e. The lowest BCUT2D eigenvalue weighted by Crippen LogP contribution is -2.44. The highest BCUT2D eigenvalue weighted by Crippen LogP contribution is 2.44. The first-order chi connectivity index (χ1) is 14.3. The molecule has 0 spiro atoms. The normalized spacial score (nSPS) is 20.5. The molecule has 1 amide bonds. The van der Waals surface area contributed by atoms with Crippen molar-refractivity contribution in [1.82, 2.24) is 24.6 Å². The minimum Gasteiger partial charge on any atom is -0.324 e. The van der Waals surface area contributed by atoms with Gasteiger partial charge in [-0.1, -0.05) is 17.7 Å². The summed E-state index contributed by atoms with van der Waals surface area (Å²) in [4.78, 5) is 19.3. The summed E-state index contributed by atoms with van der Waals surface area (Å²) in [6.45, 7) is 2.37. The molecule has 0 N–H and O–H groups in total. The molecule has 11 heteroatoms. The first-order valence-corrected chi connectivity index (χ1v) is 10.6. The third-order valence-corrected chi connectivity index (χ3v) is 6.77. The Balaban J connectivity index is 1.52. The van der Waals surface area contributed by atoms with Crippen molar-refractivity contribution in [2.75, 3.05) is 0 Å². The minimum atomic E-state index is -4.63. The Bertz CT molecular complexity index is 1160. The van der Waals surface area contributed by atoms with Gasteiger partial charge in [-0.25, -0.2) is 4.98 Å². The lowest BCUT2D eigenvalue weighted by Gasteiger charge is -2.35. The maximum absolute atomic E-state index is 13.3. The van der Waals surface area contributed by atoms with Crippen molar-refractivity contribution in [3.05, 3.63) is 50.6 Å². The summed E-state index contributed by atoms with van der Waals surface area (Å²) >= 11 is 7.52. The predicted octanol–water partition coefficient (Wildman–Crippen LogP) is 4.74. The van der Waals surface area contributed by atoms with Crippen molar-refractivity contribution in [2.24, 2.45) is 0 Å². The summed E-state index contributed by atoms with van der Waals surface area (Å²) < 4.78 is 41.6. The van der Waals surface area contributed by atoms with Gasteiger partial charge in [0.05, 0.1) is 33.2 Å². The van der Waals surface area contributed by atoms with E-state index in [0.29, 0.717) is 24.6 Å². The molecule has 6 nitrogen and oxygen atoms in total. The molecule has 0 aliphatic carbocycles. The zero-order chi connectivity index (χ0) is 21.2. The highest BCUT2D eigenvalue weighted by atomic mass is 35.5. The summed E-state index contributed by atoms with van der Waals surface area (Å²) in [6, 6.07) is 2.89. The predicted molar refractivity (Wildman–Crippen MR) is 104 cm³/mol. The van der Waals surface area contributed by atoms with Crippen molar-refractivity contribution < 1.29 is 18.0 Å². The first kappa shape index (κ1) is 19.5. The molecule has 0 unspecified atom stereocenters. The number of benzene rings is 1. The molecule has 4 heterocycles. The van der Waals surface area contributed by atoms with Crippen LogP contribution < -0.4 is 0 Å². The third-order valence-electron chi connectivity index (χ3n) is 5.59. The molecular weight excluding hydrogens is 439 g/mol. The maximum atomic E-state index is 13.3. The third kappa shape index (κ3) is 2.92. The number of aromatic nitrogens is 4. The van der Waals surface area contributed by atoms with Gasteiger partial charge in [0.15, 0.2) is 11.6 Å². The molecule has 1 aromatic carbocycles. The molecule has 1 fully saturated rings. The van der Waals surface area contributed by atoms with Gasteiger partial charge in [-0.15, -0.1) is 21.5 Å². The van der Waals surface area contributed by atoms with Crippen LogP contribution in [0.5, 0.6) is 0 Å². The molecule has 2 aliphatic rings. The topological polar surface area (TPSA) is 63.9 Å². The van der Waals surface area contributed by atoms with E-state index in [-0.39, 0.29) is 17.6 Å². The second kappa shape index (κ2) is 6.78. The number of halogens is 4. The summed E-state index contributed by atoms with van der Waals surface area (Å²) in [7, 11) is 0. The van der Waals surface area contributed by atoms with E-state index in [1.54, 1.807) is 4.90 Å². The van der Waals surface area contributed by atoms with Crippen molar-refractivity contribution in [2.45, 2.75) is 44.6 Å². The number of amides is 1. The van der Waals surface area contributed by atoms with Gasteiger partial charge >= 0.3 is 6.18 Å². The number of hydrogen-bond acceptors (Lipinski definition) is 5. The molecule has 156 valence electrons. The number of rotatable bonds is 2. The molecule has 1 saturated heterocycles. The van der Waals surface area contributed by atoms with Crippen LogP contribution in [0, 0.1) is 6.92 Å². The maximum Gasteiger partial charge on any atom is 0.417 e. The highest BCUT2D eigenvalue weighted by molar-refractivity contribution is 7.09. The Morgan fingerprint density at radius 2 is 2.07 bits per heavy atom. The number of carbonyl (C=O) groups excluding carboxylic acids is 1. The standard InChI is InChI=1S/C19H15ClF3N5OS/c1-9-24-13(8-30-9)16-25-26-17-14-6-5-10(7-27(16)17)28(14)18(29)11-3-2-4-12(15(11)20)19(21,22)23/h2-4,8,10,14H,5-7H2,1H3/t10-,14-/m1/s1. The van der Waals surface area contributed by atoms with E-state index in [2.05, 4.69) is 15.2 Å². The molecule has 2 atom stereocenters. The van der Waals surface area contributed by atoms with Crippen LogP contribution in [0.4, 0.5) is 13.2 Å². The monoisotopic (exact) mass is 453 g/mol. The van der Waals surface area contributed by atoms with Gasteiger partial charge in [0, 0.05) is 11.9 Å². The van der Waals surface area contributed by atoms with E-state index in [0.717, 1.165) is 23.2 Å². The second-order valence-electron chi connectivity index (χ2n) is 7.37. The molecule has 0 radical (unpaired) electrons. The van der Waals surface area contributed by atoms with Gasteiger partial charge in [0.2, 0.25) is 0 Å². The lowest BCUT2D eigenvalue weighted by atomic mass is 10.1. The summed E-state index contributed by atoms with van der Waals surface area (Å²) in [5, 5.41) is 10.8. The van der Waals surface area contributed by atoms with E-state index < -0.39 is 22.7 Å². The van der Waals surface area contributed by atoms with Gasteiger partial charge < -0.3 is 9.47 Å². The second-order valence-corrected chi connectivity index (χ2v) is 8.81. The Morgan fingerprint density at radius 3 is 2.77 bits per heavy atom. The fraction of sp³-hybridized carbons (Fsp3) is 0.368. The fourth-order valence-corrected chi connectivity index (χ4v) is 5.19. The van der Waals surface area contributed by atoms with Crippen LogP contribution in [0.2, 0.25) is 5.02 Å². The van der Waals surface area contributed by atoms with Crippen LogP contribution in [0.1, 0.15) is 45.6 Å². The Morgan fingerprint density at radius 1 is 1.27 bits per heavy atom. The van der Waals surface area contributed by atoms with E-state index in [9.17, 15) is 18.0 Å². The SMILES string of the molecule is Cc1nc(-c2nnc3n2C[C@H]2CC[C@H]3N2C(=O)c2cccc(C(F)(F)F)c2Cl)cs1. The zero-order valence-corrected chi connectivity index (χ0v) is 17.2. The Hall–Kier alpha value is -2.46.